The molecule has 0 aromatic rings. The molecule has 1 fully saturated rings. The first-order valence-corrected chi connectivity index (χ1v) is 6.24. The van der Waals surface area contributed by atoms with Crippen molar-refractivity contribution in [3.8, 4) is 0 Å². The van der Waals surface area contributed by atoms with Crippen LogP contribution in [-0.2, 0) is 14.3 Å². The van der Waals surface area contributed by atoms with Crippen LogP contribution in [0.4, 0.5) is 0 Å². The highest BCUT2D eigenvalue weighted by atomic mass is 16.5. The van der Waals surface area contributed by atoms with Crippen molar-refractivity contribution < 1.29 is 14.3 Å². The highest BCUT2D eigenvalue weighted by Gasteiger charge is 2.27. The Morgan fingerprint density at radius 2 is 2.24 bits per heavy atom. The summed E-state index contributed by atoms with van der Waals surface area (Å²) in [5.74, 6) is -0.200. The Kier molecular flexibility index (Phi) is 5.97. The third kappa shape index (κ3) is 4.73. The molecule has 1 atom stereocenters. The van der Waals surface area contributed by atoms with Gasteiger partial charge >= 0.3 is 5.97 Å². The van der Waals surface area contributed by atoms with Crippen LogP contribution >= 0.6 is 0 Å². The van der Waals surface area contributed by atoms with E-state index in [0.717, 1.165) is 25.8 Å². The Morgan fingerprint density at radius 1 is 1.47 bits per heavy atom. The first kappa shape index (κ1) is 14.0. The molecular weight excluding hydrogens is 220 g/mol. The molecule has 0 aromatic carbocycles. The second kappa shape index (κ2) is 7.27. The van der Waals surface area contributed by atoms with Gasteiger partial charge in [0.15, 0.2) is 0 Å². The van der Waals surface area contributed by atoms with Crippen LogP contribution in [0.1, 0.15) is 26.2 Å². The van der Waals surface area contributed by atoms with Crippen molar-refractivity contribution in [3.63, 3.8) is 0 Å². The molecule has 0 radical (unpaired) electrons. The number of carbonyl (C=O) groups excluding carboxylic acids is 2. The van der Waals surface area contributed by atoms with Crippen molar-refractivity contribution in [2.24, 2.45) is 5.92 Å². The lowest BCUT2D eigenvalue weighted by Gasteiger charge is -2.30. The molecule has 1 aliphatic heterocycles. The van der Waals surface area contributed by atoms with Crippen molar-refractivity contribution in [1.82, 2.24) is 10.2 Å². The van der Waals surface area contributed by atoms with Gasteiger partial charge in [0.05, 0.1) is 19.6 Å². The van der Waals surface area contributed by atoms with Gasteiger partial charge in [-0.3, -0.25) is 14.5 Å². The zero-order chi connectivity index (χ0) is 12.7. The van der Waals surface area contributed by atoms with Gasteiger partial charge in [0, 0.05) is 13.1 Å². The van der Waals surface area contributed by atoms with Crippen LogP contribution in [0.5, 0.6) is 0 Å². The van der Waals surface area contributed by atoms with Crippen LogP contribution < -0.4 is 5.32 Å². The lowest BCUT2D eigenvalue weighted by Crippen LogP contribution is -2.44. The highest BCUT2D eigenvalue weighted by Crippen LogP contribution is 2.17. The number of amides is 1. The predicted molar refractivity (Wildman–Crippen MR) is 64.5 cm³/mol. The number of methoxy groups -OCH3 is 1. The summed E-state index contributed by atoms with van der Waals surface area (Å²) < 4.78 is 4.74. The molecule has 1 rings (SSSR count). The monoisotopic (exact) mass is 242 g/mol. The van der Waals surface area contributed by atoms with Crippen molar-refractivity contribution in [2.75, 3.05) is 33.3 Å². The molecule has 0 unspecified atom stereocenters. The number of nitrogens with zero attached hydrogens (tertiary/aromatic N) is 1. The summed E-state index contributed by atoms with van der Waals surface area (Å²) in [6.07, 6.45) is 2.75. The van der Waals surface area contributed by atoms with Gasteiger partial charge in [-0.1, -0.05) is 6.92 Å². The summed E-state index contributed by atoms with van der Waals surface area (Å²) in [7, 11) is 1.41. The Bertz CT molecular complexity index is 268. The minimum absolute atomic E-state index is 0.0392. The summed E-state index contributed by atoms with van der Waals surface area (Å²) in [6, 6.07) is 0. The molecule has 0 aliphatic carbocycles. The molecule has 0 aromatic heterocycles. The lowest BCUT2D eigenvalue weighted by molar-refractivity contribution is -0.147. The quantitative estimate of drug-likeness (QED) is 0.709. The summed E-state index contributed by atoms with van der Waals surface area (Å²) >= 11 is 0. The molecule has 1 N–H and O–H groups in total. The van der Waals surface area contributed by atoms with E-state index in [4.69, 9.17) is 4.74 Å². The van der Waals surface area contributed by atoms with Gasteiger partial charge in [-0.25, -0.2) is 0 Å². The molecule has 5 heteroatoms. The average Bonchev–Trinajstić information content (AvgIpc) is 2.35. The van der Waals surface area contributed by atoms with Gasteiger partial charge in [-0.05, 0) is 25.8 Å². The molecule has 98 valence electrons. The molecular formula is C12H22N2O3. The van der Waals surface area contributed by atoms with E-state index in [2.05, 4.69) is 5.32 Å². The van der Waals surface area contributed by atoms with Crippen molar-refractivity contribution >= 4 is 11.9 Å². The zero-order valence-corrected chi connectivity index (χ0v) is 10.7. The predicted octanol–water partition coefficient (Wildman–Crippen LogP) is 0.398. The number of ether oxygens (including phenoxy) is 1. The Balaban J connectivity index is 2.34. The van der Waals surface area contributed by atoms with Crippen LogP contribution in [0, 0.1) is 5.92 Å². The number of likely N-dealkylation sites (tertiary alicyclic amines) is 1. The molecule has 1 aliphatic rings. The maximum atomic E-state index is 11.5. The van der Waals surface area contributed by atoms with Gasteiger partial charge in [0.25, 0.3) is 0 Å². The molecule has 0 saturated carbocycles. The number of nitrogens with one attached hydrogen (secondary N) is 1. The number of carbonyl (C=O) groups is 2. The fourth-order valence-electron chi connectivity index (χ4n) is 2.08. The van der Waals surface area contributed by atoms with Crippen LogP contribution in [0.3, 0.4) is 0 Å². The van der Waals surface area contributed by atoms with Crippen molar-refractivity contribution in [3.05, 3.63) is 0 Å². The fourth-order valence-corrected chi connectivity index (χ4v) is 2.08. The summed E-state index contributed by atoms with van der Waals surface area (Å²) in [5.41, 5.74) is 0. The molecule has 0 spiro atoms. The normalized spacial score (nSPS) is 20.9. The molecule has 1 heterocycles. The number of rotatable bonds is 5. The van der Waals surface area contributed by atoms with E-state index in [0.29, 0.717) is 19.6 Å². The zero-order valence-electron chi connectivity index (χ0n) is 10.7. The second-order valence-electron chi connectivity index (χ2n) is 4.45. The molecule has 17 heavy (non-hydrogen) atoms. The van der Waals surface area contributed by atoms with Crippen LogP contribution in [0.15, 0.2) is 0 Å². The second-order valence-corrected chi connectivity index (χ2v) is 4.45. The van der Waals surface area contributed by atoms with Crippen molar-refractivity contribution in [1.29, 1.82) is 0 Å². The van der Waals surface area contributed by atoms with Crippen LogP contribution in [-0.4, -0.2) is 50.1 Å². The fraction of sp³-hybridized carbons (Fsp3) is 0.833. The van der Waals surface area contributed by atoms with E-state index < -0.39 is 0 Å². The van der Waals surface area contributed by atoms with Crippen molar-refractivity contribution in [2.45, 2.75) is 26.2 Å². The minimum atomic E-state index is -0.163. The Morgan fingerprint density at radius 3 is 2.88 bits per heavy atom. The van der Waals surface area contributed by atoms with E-state index in [9.17, 15) is 9.59 Å². The third-order valence-corrected chi connectivity index (χ3v) is 2.98. The molecule has 1 amide bonds. The summed E-state index contributed by atoms with van der Waals surface area (Å²) in [6.45, 7) is 4.63. The summed E-state index contributed by atoms with van der Waals surface area (Å²) in [5, 5.41) is 2.84. The smallest absolute Gasteiger partial charge is 0.309 e. The number of esters is 1. The SMILES string of the molecule is CCCNC(=O)CN1CCC[C@H](C(=O)OC)C1. The first-order chi connectivity index (χ1) is 8.17. The van der Waals surface area contributed by atoms with Crippen LogP contribution in [0.25, 0.3) is 0 Å². The van der Waals surface area contributed by atoms with Gasteiger partial charge in [0.1, 0.15) is 0 Å². The van der Waals surface area contributed by atoms with Gasteiger partial charge in [0.2, 0.25) is 5.91 Å². The van der Waals surface area contributed by atoms with Gasteiger partial charge in [-0.2, -0.15) is 0 Å². The average molecular weight is 242 g/mol. The largest absolute Gasteiger partial charge is 0.469 e. The Labute approximate surface area is 102 Å². The van der Waals surface area contributed by atoms with E-state index in [1.165, 1.54) is 7.11 Å². The van der Waals surface area contributed by atoms with E-state index in [1.54, 1.807) is 0 Å². The molecule has 5 nitrogen and oxygen atoms in total. The maximum absolute atomic E-state index is 11.5. The first-order valence-electron chi connectivity index (χ1n) is 6.24. The highest BCUT2D eigenvalue weighted by molar-refractivity contribution is 5.78. The molecule has 1 saturated heterocycles. The summed E-state index contributed by atoms with van der Waals surface area (Å²) in [4.78, 5) is 25.0. The van der Waals surface area contributed by atoms with Crippen LogP contribution in [0.2, 0.25) is 0 Å². The number of piperidine rings is 1. The number of hydrogen-bond acceptors (Lipinski definition) is 4. The Hall–Kier alpha value is -1.10. The van der Waals surface area contributed by atoms with E-state index >= 15 is 0 Å². The van der Waals surface area contributed by atoms with E-state index in [1.807, 2.05) is 11.8 Å². The van der Waals surface area contributed by atoms with Gasteiger partial charge < -0.3 is 10.1 Å². The van der Waals surface area contributed by atoms with E-state index in [-0.39, 0.29) is 17.8 Å². The van der Waals surface area contributed by atoms with Gasteiger partial charge in [-0.15, -0.1) is 0 Å². The molecule has 0 bridgehead atoms. The lowest BCUT2D eigenvalue weighted by atomic mass is 9.98. The standard InChI is InChI=1S/C12H22N2O3/c1-3-6-13-11(15)9-14-7-4-5-10(8-14)12(16)17-2/h10H,3-9H2,1-2H3,(H,13,15)/t10-/m0/s1. The topological polar surface area (TPSA) is 58.6 Å². The maximum Gasteiger partial charge on any atom is 0.309 e. The minimum Gasteiger partial charge on any atom is -0.469 e. The number of hydrogen-bond donors (Lipinski definition) is 1. The third-order valence-electron chi connectivity index (χ3n) is 2.98.